The zero-order chi connectivity index (χ0) is 22.3. The fourth-order valence-corrected chi connectivity index (χ4v) is 3.72. The highest BCUT2D eigenvalue weighted by Gasteiger charge is 2.17. The number of halogens is 2. The van der Waals surface area contributed by atoms with Crippen LogP contribution in [-0.4, -0.2) is 32.6 Å². The summed E-state index contributed by atoms with van der Waals surface area (Å²) in [6.07, 6.45) is 1.45. The molecule has 6 nitrogen and oxygen atoms in total. The maximum atomic E-state index is 12.9. The van der Waals surface area contributed by atoms with Crippen LogP contribution in [0.15, 0.2) is 89.1 Å². The van der Waals surface area contributed by atoms with Crippen molar-refractivity contribution < 1.29 is 9.18 Å². The van der Waals surface area contributed by atoms with Gasteiger partial charge in [0, 0.05) is 16.3 Å². The molecule has 9 heteroatoms. The molecule has 160 valence electrons. The molecule has 32 heavy (non-hydrogen) atoms. The summed E-state index contributed by atoms with van der Waals surface area (Å²) in [6, 6.07) is 22.8. The Hall–Kier alpha value is -3.49. The van der Waals surface area contributed by atoms with Crippen molar-refractivity contribution in [3.05, 3.63) is 95.3 Å². The van der Waals surface area contributed by atoms with Crippen molar-refractivity contribution >= 4 is 35.5 Å². The lowest BCUT2D eigenvalue weighted by Gasteiger charge is -2.10. The minimum absolute atomic E-state index is 0.0846. The number of hydrogen-bond donors (Lipinski definition) is 1. The Kier molecular flexibility index (Phi) is 6.94. The second kappa shape index (κ2) is 10.2. The van der Waals surface area contributed by atoms with Crippen LogP contribution >= 0.6 is 23.4 Å². The summed E-state index contributed by atoms with van der Waals surface area (Å²) in [4.78, 5) is 12.2. The largest absolute Gasteiger partial charge is 0.272 e. The zero-order valence-corrected chi connectivity index (χ0v) is 18.2. The van der Waals surface area contributed by atoms with Crippen LogP contribution < -0.4 is 5.43 Å². The number of nitrogens with zero attached hydrogens (tertiary/aromatic N) is 4. The van der Waals surface area contributed by atoms with E-state index in [0.29, 0.717) is 21.6 Å². The lowest BCUT2D eigenvalue weighted by molar-refractivity contribution is -0.118. The summed E-state index contributed by atoms with van der Waals surface area (Å²) in [5.74, 6) is 0.106. The minimum Gasteiger partial charge on any atom is -0.272 e. The van der Waals surface area contributed by atoms with Gasteiger partial charge >= 0.3 is 0 Å². The van der Waals surface area contributed by atoms with E-state index in [4.69, 9.17) is 11.6 Å². The molecule has 3 aromatic carbocycles. The SMILES string of the molecule is O=C(CSc1nnc(-c2ccccc2)n1-c1ccc(Cl)cc1)N/N=C/c1ccc(F)cc1. The molecule has 0 saturated carbocycles. The first-order chi connectivity index (χ1) is 15.6. The number of hydrogen-bond acceptors (Lipinski definition) is 5. The molecule has 0 atom stereocenters. The van der Waals surface area contributed by atoms with E-state index in [9.17, 15) is 9.18 Å². The molecular formula is C23H17ClFN5OS. The molecule has 4 aromatic rings. The summed E-state index contributed by atoms with van der Waals surface area (Å²) in [6.45, 7) is 0. The van der Waals surface area contributed by atoms with Crippen LogP contribution in [0.4, 0.5) is 4.39 Å². The quantitative estimate of drug-likeness (QED) is 0.237. The minimum atomic E-state index is -0.331. The second-order valence-electron chi connectivity index (χ2n) is 6.62. The highest BCUT2D eigenvalue weighted by Crippen LogP contribution is 2.28. The number of thioether (sulfide) groups is 1. The molecule has 0 saturated heterocycles. The molecule has 1 aromatic heterocycles. The topological polar surface area (TPSA) is 72.2 Å². The molecule has 0 radical (unpaired) electrons. The number of nitrogens with one attached hydrogen (secondary N) is 1. The van der Waals surface area contributed by atoms with Crippen molar-refractivity contribution in [1.82, 2.24) is 20.2 Å². The molecule has 0 fully saturated rings. The predicted octanol–water partition coefficient (Wildman–Crippen LogP) is 4.97. The maximum absolute atomic E-state index is 12.9. The third-order valence-electron chi connectivity index (χ3n) is 4.36. The average Bonchev–Trinajstić information content (AvgIpc) is 3.24. The first-order valence-electron chi connectivity index (χ1n) is 9.57. The number of rotatable bonds is 7. The van der Waals surface area contributed by atoms with E-state index in [1.165, 1.54) is 30.1 Å². The van der Waals surface area contributed by atoms with E-state index in [2.05, 4.69) is 20.7 Å². The van der Waals surface area contributed by atoms with Gasteiger partial charge in [-0.2, -0.15) is 5.10 Å². The van der Waals surface area contributed by atoms with E-state index in [1.54, 1.807) is 24.3 Å². The van der Waals surface area contributed by atoms with Crippen molar-refractivity contribution in [3.8, 4) is 17.1 Å². The molecule has 0 aliphatic rings. The summed E-state index contributed by atoms with van der Waals surface area (Å²) in [7, 11) is 0. The first-order valence-corrected chi connectivity index (χ1v) is 10.9. The van der Waals surface area contributed by atoms with E-state index in [1.807, 2.05) is 47.0 Å². The summed E-state index contributed by atoms with van der Waals surface area (Å²) >= 11 is 7.28. The van der Waals surface area contributed by atoms with E-state index in [0.717, 1.165) is 11.3 Å². The van der Waals surface area contributed by atoms with Crippen LogP contribution in [0.3, 0.4) is 0 Å². The van der Waals surface area contributed by atoms with Crippen LogP contribution in [0.1, 0.15) is 5.56 Å². The molecule has 0 bridgehead atoms. The highest BCUT2D eigenvalue weighted by atomic mass is 35.5. The van der Waals surface area contributed by atoms with Crippen molar-refractivity contribution in [2.75, 3.05) is 5.75 Å². The first kappa shape index (κ1) is 21.7. The molecule has 1 N–H and O–H groups in total. The second-order valence-corrected chi connectivity index (χ2v) is 8.00. The van der Waals surface area contributed by atoms with Crippen molar-refractivity contribution in [3.63, 3.8) is 0 Å². The molecule has 0 unspecified atom stereocenters. The standard InChI is InChI=1S/C23H17ClFN5OS/c24-18-8-12-20(13-9-18)30-22(17-4-2-1-3-5-17)28-29-23(30)32-15-21(31)27-26-14-16-6-10-19(25)11-7-16/h1-14H,15H2,(H,27,31)/b26-14+. The Bertz CT molecular complexity index is 1230. The highest BCUT2D eigenvalue weighted by molar-refractivity contribution is 7.99. The Labute approximate surface area is 193 Å². The van der Waals surface area contributed by atoms with Gasteiger partial charge in [-0.1, -0.05) is 65.8 Å². The normalized spacial score (nSPS) is 11.1. The van der Waals surface area contributed by atoms with Crippen LogP contribution in [0, 0.1) is 5.82 Å². The van der Waals surface area contributed by atoms with Gasteiger partial charge in [-0.15, -0.1) is 10.2 Å². The van der Waals surface area contributed by atoms with Gasteiger partial charge < -0.3 is 0 Å². The van der Waals surface area contributed by atoms with Gasteiger partial charge in [0.15, 0.2) is 11.0 Å². The van der Waals surface area contributed by atoms with Gasteiger partial charge in [0.25, 0.3) is 5.91 Å². The molecule has 1 amide bonds. The number of aromatic nitrogens is 3. The number of carbonyl (C=O) groups is 1. The van der Waals surface area contributed by atoms with Crippen LogP contribution in [0.5, 0.6) is 0 Å². The summed E-state index contributed by atoms with van der Waals surface area (Å²) < 4.78 is 14.8. The van der Waals surface area contributed by atoms with Gasteiger partial charge in [-0.25, -0.2) is 9.82 Å². The van der Waals surface area contributed by atoms with Crippen LogP contribution in [-0.2, 0) is 4.79 Å². The summed E-state index contributed by atoms with van der Waals surface area (Å²) in [5.41, 5.74) is 4.86. The zero-order valence-electron chi connectivity index (χ0n) is 16.7. The molecule has 4 rings (SSSR count). The van der Waals surface area contributed by atoms with E-state index < -0.39 is 0 Å². The van der Waals surface area contributed by atoms with E-state index >= 15 is 0 Å². The third-order valence-corrected chi connectivity index (χ3v) is 5.54. The summed E-state index contributed by atoms with van der Waals surface area (Å²) in [5, 5.41) is 13.7. The van der Waals surface area contributed by atoms with Gasteiger partial charge in [-0.05, 0) is 42.0 Å². The Morgan fingerprint density at radius 3 is 2.47 bits per heavy atom. The van der Waals surface area contributed by atoms with Crippen LogP contribution in [0.25, 0.3) is 17.1 Å². The van der Waals surface area contributed by atoms with Gasteiger partial charge in [0.05, 0.1) is 12.0 Å². The Morgan fingerprint density at radius 2 is 1.75 bits per heavy atom. The molecular weight excluding hydrogens is 449 g/mol. The predicted molar refractivity (Wildman–Crippen MR) is 125 cm³/mol. The smallest absolute Gasteiger partial charge is 0.250 e. The van der Waals surface area contributed by atoms with Crippen LogP contribution in [0.2, 0.25) is 5.02 Å². The third kappa shape index (κ3) is 5.40. The van der Waals surface area contributed by atoms with Crippen molar-refractivity contribution in [1.29, 1.82) is 0 Å². The fourth-order valence-electron chi connectivity index (χ4n) is 2.85. The maximum Gasteiger partial charge on any atom is 0.250 e. The molecule has 1 heterocycles. The van der Waals surface area contributed by atoms with E-state index in [-0.39, 0.29) is 17.5 Å². The number of carbonyl (C=O) groups excluding carboxylic acids is 1. The molecule has 0 aliphatic heterocycles. The lowest BCUT2D eigenvalue weighted by atomic mass is 10.2. The Morgan fingerprint density at radius 1 is 1.03 bits per heavy atom. The lowest BCUT2D eigenvalue weighted by Crippen LogP contribution is -2.20. The van der Waals surface area contributed by atoms with Gasteiger partial charge in [-0.3, -0.25) is 9.36 Å². The number of amides is 1. The fraction of sp³-hybridized carbons (Fsp3) is 0.0435. The van der Waals surface area contributed by atoms with Crippen molar-refractivity contribution in [2.45, 2.75) is 5.16 Å². The number of benzene rings is 3. The number of hydrazone groups is 1. The Balaban J connectivity index is 1.49. The van der Waals surface area contributed by atoms with Gasteiger partial charge in [0.1, 0.15) is 5.82 Å². The molecule has 0 spiro atoms. The van der Waals surface area contributed by atoms with Crippen molar-refractivity contribution in [2.24, 2.45) is 5.10 Å². The monoisotopic (exact) mass is 465 g/mol. The molecule has 0 aliphatic carbocycles. The van der Waals surface area contributed by atoms with Gasteiger partial charge in [0.2, 0.25) is 0 Å². The average molecular weight is 466 g/mol.